The molecule has 34 heavy (non-hydrogen) atoms. The number of carbonyl (C=O) groups excluding carboxylic acids is 1. The summed E-state index contributed by atoms with van der Waals surface area (Å²) >= 11 is 6.35. The van der Waals surface area contributed by atoms with Gasteiger partial charge in [-0.15, -0.1) is 0 Å². The topological polar surface area (TPSA) is 75.5 Å². The molecule has 9 heteroatoms. The van der Waals surface area contributed by atoms with Crippen LogP contribution < -0.4 is 0 Å². The van der Waals surface area contributed by atoms with Crippen molar-refractivity contribution in [2.24, 2.45) is 0 Å². The summed E-state index contributed by atoms with van der Waals surface area (Å²) in [6.07, 6.45) is 2.49. The Morgan fingerprint density at radius 1 is 1.00 bits per heavy atom. The van der Waals surface area contributed by atoms with Crippen molar-refractivity contribution >= 4 is 27.3 Å². The van der Waals surface area contributed by atoms with Gasteiger partial charge >= 0.3 is 0 Å². The third-order valence-corrected chi connectivity index (χ3v) is 8.77. The summed E-state index contributed by atoms with van der Waals surface area (Å²) in [7, 11) is -2.92. The van der Waals surface area contributed by atoms with Gasteiger partial charge in [-0.05, 0) is 18.1 Å². The lowest BCUT2D eigenvalue weighted by molar-refractivity contribution is 0.0588. The van der Waals surface area contributed by atoms with Crippen molar-refractivity contribution in [3.05, 3.63) is 76.9 Å². The molecule has 5 rings (SSSR count). The van der Waals surface area contributed by atoms with Crippen molar-refractivity contribution in [3.63, 3.8) is 0 Å². The molecule has 3 aromatic rings. The van der Waals surface area contributed by atoms with Gasteiger partial charge in [0.2, 0.25) is 0 Å². The maximum Gasteiger partial charge on any atom is 0.257 e. The van der Waals surface area contributed by atoms with E-state index in [0.717, 1.165) is 11.1 Å². The number of sulfone groups is 1. The Balaban J connectivity index is 1.36. The molecule has 2 aliphatic heterocycles. The minimum atomic E-state index is -2.92. The lowest BCUT2D eigenvalue weighted by atomic mass is 10.1. The first-order valence-electron chi connectivity index (χ1n) is 11.5. The predicted octanol–water partition coefficient (Wildman–Crippen LogP) is 3.20. The number of benzene rings is 2. The molecule has 2 saturated heterocycles. The van der Waals surface area contributed by atoms with Crippen LogP contribution in [0.3, 0.4) is 0 Å². The Morgan fingerprint density at radius 3 is 2.38 bits per heavy atom. The van der Waals surface area contributed by atoms with E-state index in [9.17, 15) is 13.2 Å². The highest BCUT2D eigenvalue weighted by atomic mass is 35.5. The van der Waals surface area contributed by atoms with E-state index in [-0.39, 0.29) is 23.5 Å². The second kappa shape index (κ2) is 9.52. The van der Waals surface area contributed by atoms with Crippen LogP contribution in [0.25, 0.3) is 11.3 Å². The van der Waals surface area contributed by atoms with E-state index in [1.54, 1.807) is 4.68 Å². The molecule has 0 saturated carbocycles. The van der Waals surface area contributed by atoms with Crippen LogP contribution in [-0.4, -0.2) is 77.6 Å². The van der Waals surface area contributed by atoms with Crippen LogP contribution in [0.5, 0.6) is 0 Å². The fourth-order valence-electron chi connectivity index (χ4n) is 4.79. The fraction of sp³-hybridized carbons (Fsp3) is 0.360. The number of hydrogen-bond acceptors (Lipinski definition) is 5. The highest BCUT2D eigenvalue weighted by molar-refractivity contribution is 7.91. The van der Waals surface area contributed by atoms with Crippen LogP contribution in [0.4, 0.5) is 0 Å². The lowest BCUT2D eigenvalue weighted by Crippen LogP contribution is -2.52. The quantitative estimate of drug-likeness (QED) is 0.540. The van der Waals surface area contributed by atoms with E-state index in [2.05, 4.69) is 4.90 Å². The van der Waals surface area contributed by atoms with Crippen LogP contribution in [0, 0.1) is 0 Å². The molecule has 0 aliphatic carbocycles. The molecule has 0 bridgehead atoms. The number of carbonyl (C=O) groups is 1. The van der Waals surface area contributed by atoms with Gasteiger partial charge < -0.3 is 4.90 Å². The second-order valence-corrected chi connectivity index (χ2v) is 11.6. The first kappa shape index (κ1) is 23.1. The van der Waals surface area contributed by atoms with Crippen molar-refractivity contribution in [1.29, 1.82) is 0 Å². The van der Waals surface area contributed by atoms with Gasteiger partial charge in [-0.25, -0.2) is 8.42 Å². The highest BCUT2D eigenvalue weighted by Gasteiger charge is 2.35. The van der Waals surface area contributed by atoms with Gasteiger partial charge in [0.15, 0.2) is 9.84 Å². The average Bonchev–Trinajstić information content (AvgIpc) is 3.44. The smallest absolute Gasteiger partial charge is 0.257 e. The molecule has 2 fully saturated rings. The minimum Gasteiger partial charge on any atom is -0.336 e. The van der Waals surface area contributed by atoms with E-state index >= 15 is 0 Å². The summed E-state index contributed by atoms with van der Waals surface area (Å²) in [4.78, 5) is 17.7. The molecule has 1 atom stereocenters. The van der Waals surface area contributed by atoms with Crippen molar-refractivity contribution in [2.75, 3.05) is 37.7 Å². The molecule has 2 aromatic carbocycles. The molecular formula is C25H27ClN4O3S. The molecule has 0 radical (unpaired) electrons. The summed E-state index contributed by atoms with van der Waals surface area (Å²) in [5, 5.41) is 5.42. The molecule has 2 aliphatic rings. The second-order valence-electron chi connectivity index (χ2n) is 8.93. The average molecular weight is 499 g/mol. The van der Waals surface area contributed by atoms with E-state index in [4.69, 9.17) is 16.7 Å². The third-order valence-electron chi connectivity index (χ3n) is 6.66. The van der Waals surface area contributed by atoms with Crippen molar-refractivity contribution in [2.45, 2.75) is 19.0 Å². The van der Waals surface area contributed by atoms with Crippen LogP contribution in [-0.2, 0) is 16.4 Å². The van der Waals surface area contributed by atoms with Crippen molar-refractivity contribution < 1.29 is 13.2 Å². The predicted molar refractivity (Wildman–Crippen MR) is 133 cm³/mol. The number of rotatable bonds is 5. The maximum atomic E-state index is 13.6. The zero-order chi connectivity index (χ0) is 23.7. The van der Waals surface area contributed by atoms with Crippen LogP contribution in [0.1, 0.15) is 22.3 Å². The van der Waals surface area contributed by atoms with Gasteiger partial charge in [0, 0.05) is 49.0 Å². The summed E-state index contributed by atoms with van der Waals surface area (Å²) in [6, 6.07) is 17.4. The van der Waals surface area contributed by atoms with Crippen LogP contribution in [0.2, 0.25) is 5.02 Å². The third kappa shape index (κ3) is 4.89. The number of piperazine rings is 1. The van der Waals surface area contributed by atoms with Crippen molar-refractivity contribution in [1.82, 2.24) is 19.6 Å². The molecule has 0 spiro atoms. The zero-order valence-corrected chi connectivity index (χ0v) is 20.4. The highest BCUT2D eigenvalue weighted by Crippen LogP contribution is 2.26. The zero-order valence-electron chi connectivity index (χ0n) is 18.8. The SMILES string of the molecule is O=C(c1cn(Cc2ccccc2Cl)nc1-c1ccccc1)N1CCN([C@@H]2CCS(=O)(=O)C2)CC1. The maximum absolute atomic E-state index is 13.6. The van der Waals surface area contributed by atoms with Gasteiger partial charge in [-0.2, -0.15) is 5.10 Å². The minimum absolute atomic E-state index is 0.0528. The fourth-order valence-corrected chi connectivity index (χ4v) is 6.75. The largest absolute Gasteiger partial charge is 0.336 e. The summed E-state index contributed by atoms with van der Waals surface area (Å²) in [5.41, 5.74) is 3.04. The molecule has 1 amide bonds. The Bertz CT molecular complexity index is 1280. The number of halogens is 1. The number of amides is 1. The Hall–Kier alpha value is -2.68. The van der Waals surface area contributed by atoms with E-state index in [1.165, 1.54) is 0 Å². The van der Waals surface area contributed by atoms with E-state index in [0.29, 0.717) is 55.4 Å². The van der Waals surface area contributed by atoms with Gasteiger partial charge in [0.05, 0.1) is 23.6 Å². The van der Waals surface area contributed by atoms with Gasteiger partial charge in [-0.3, -0.25) is 14.4 Å². The molecule has 0 N–H and O–H groups in total. The van der Waals surface area contributed by atoms with Gasteiger partial charge in [-0.1, -0.05) is 60.1 Å². The number of aromatic nitrogens is 2. The monoisotopic (exact) mass is 498 g/mol. The lowest BCUT2D eigenvalue weighted by Gasteiger charge is -2.37. The van der Waals surface area contributed by atoms with Gasteiger partial charge in [0.25, 0.3) is 5.91 Å². The molecule has 3 heterocycles. The number of hydrogen-bond donors (Lipinski definition) is 0. The first-order chi connectivity index (χ1) is 16.4. The van der Waals surface area contributed by atoms with E-state index in [1.807, 2.05) is 65.7 Å². The molecule has 178 valence electrons. The molecule has 0 unspecified atom stereocenters. The summed E-state index contributed by atoms with van der Waals surface area (Å²) in [5.74, 6) is 0.443. The Labute approximate surface area is 204 Å². The summed E-state index contributed by atoms with van der Waals surface area (Å²) in [6.45, 7) is 2.97. The Morgan fingerprint density at radius 2 is 1.71 bits per heavy atom. The molecule has 7 nitrogen and oxygen atoms in total. The van der Waals surface area contributed by atoms with Crippen LogP contribution >= 0.6 is 11.6 Å². The summed E-state index contributed by atoms with van der Waals surface area (Å²) < 4.78 is 25.5. The van der Waals surface area contributed by atoms with E-state index < -0.39 is 9.84 Å². The molecular weight excluding hydrogens is 472 g/mol. The van der Waals surface area contributed by atoms with Crippen molar-refractivity contribution in [3.8, 4) is 11.3 Å². The molecule has 1 aromatic heterocycles. The number of nitrogens with zero attached hydrogens (tertiary/aromatic N) is 4. The van der Waals surface area contributed by atoms with Crippen LogP contribution in [0.15, 0.2) is 60.8 Å². The van der Waals surface area contributed by atoms with Gasteiger partial charge in [0.1, 0.15) is 5.69 Å². The Kier molecular flexibility index (Phi) is 6.46. The standard InChI is InChI=1S/C25H27ClN4O3S/c26-23-9-5-4-8-20(23)16-30-17-22(24(27-30)19-6-2-1-3-7-19)25(31)29-13-11-28(12-14-29)21-10-15-34(32,33)18-21/h1-9,17,21H,10-16,18H2/t21-/m1/s1. The normalized spacial score (nSPS) is 20.5. The first-order valence-corrected chi connectivity index (χ1v) is 13.7.